The molecule has 1 aromatic carbocycles. The lowest BCUT2D eigenvalue weighted by Gasteiger charge is -2.05. The van der Waals surface area contributed by atoms with Gasteiger partial charge in [0, 0.05) is 18.4 Å². The molecule has 0 radical (unpaired) electrons. The summed E-state index contributed by atoms with van der Waals surface area (Å²) in [4.78, 5) is 21.9. The summed E-state index contributed by atoms with van der Waals surface area (Å²) in [6.45, 7) is 1.32. The van der Waals surface area contributed by atoms with Gasteiger partial charge in [-0.15, -0.1) is 0 Å². The maximum absolute atomic E-state index is 11.1. The molecule has 16 heavy (non-hydrogen) atoms. The topological polar surface area (TPSA) is 56.5 Å². The fraction of sp³-hybridized carbons (Fsp3) is 0.0909. The third-order valence-corrected chi connectivity index (χ3v) is 2.97. The lowest BCUT2D eigenvalue weighted by atomic mass is 10.2. The van der Waals surface area contributed by atoms with Crippen LogP contribution in [-0.2, 0) is 4.79 Å². The van der Waals surface area contributed by atoms with Crippen molar-refractivity contribution in [3.05, 3.63) is 38.3 Å². The Kier molecular flexibility index (Phi) is 2.95. The van der Waals surface area contributed by atoms with E-state index in [0.29, 0.717) is 14.9 Å². The van der Waals surface area contributed by atoms with Gasteiger partial charge in [-0.05, 0) is 40.8 Å². The molecule has 0 amide bonds. The fourth-order valence-corrected chi connectivity index (χ4v) is 2.03. The molecule has 0 aliphatic carbocycles. The van der Waals surface area contributed by atoms with Crippen LogP contribution < -0.4 is 10.4 Å². The average molecular weight is 330 g/mol. The number of halogens is 1. The van der Waals surface area contributed by atoms with Crippen LogP contribution in [-0.4, -0.2) is 5.97 Å². The molecule has 1 aromatic heterocycles. The van der Waals surface area contributed by atoms with Crippen molar-refractivity contribution in [2.75, 3.05) is 0 Å². The molecule has 0 saturated heterocycles. The third-order valence-electron chi connectivity index (χ3n) is 1.95. The quantitative estimate of drug-likeness (QED) is 0.349. The molecule has 0 fully saturated rings. The number of ether oxygens (including phenoxy) is 1. The van der Waals surface area contributed by atoms with Crippen molar-refractivity contribution in [3.8, 4) is 5.75 Å². The van der Waals surface area contributed by atoms with E-state index in [1.165, 1.54) is 13.0 Å². The summed E-state index contributed by atoms with van der Waals surface area (Å²) in [6, 6.07) is 6.43. The number of esters is 1. The summed E-state index contributed by atoms with van der Waals surface area (Å²) in [5.74, 6) is -0.00880. The number of rotatable bonds is 1. The highest BCUT2D eigenvalue weighted by Crippen LogP contribution is 2.28. The Morgan fingerprint density at radius 2 is 2.00 bits per heavy atom. The summed E-state index contributed by atoms with van der Waals surface area (Å²) >= 11 is 1.98. The van der Waals surface area contributed by atoms with Gasteiger partial charge in [-0.3, -0.25) is 4.79 Å². The number of fused-ring (bicyclic) bond motifs is 1. The zero-order valence-electron chi connectivity index (χ0n) is 8.32. The van der Waals surface area contributed by atoms with E-state index >= 15 is 0 Å². The molecule has 0 bridgehead atoms. The van der Waals surface area contributed by atoms with Crippen LogP contribution in [0.5, 0.6) is 5.75 Å². The van der Waals surface area contributed by atoms with E-state index < -0.39 is 11.6 Å². The Labute approximate surface area is 104 Å². The van der Waals surface area contributed by atoms with Gasteiger partial charge in [0.25, 0.3) is 0 Å². The highest BCUT2D eigenvalue weighted by atomic mass is 127. The van der Waals surface area contributed by atoms with Crippen LogP contribution in [0.3, 0.4) is 0 Å². The minimum atomic E-state index is -0.426. The van der Waals surface area contributed by atoms with Crippen molar-refractivity contribution >= 4 is 39.5 Å². The summed E-state index contributed by atoms with van der Waals surface area (Å²) in [5, 5.41) is 0.792. The van der Waals surface area contributed by atoms with Crippen molar-refractivity contribution in [2.24, 2.45) is 0 Å². The van der Waals surface area contributed by atoms with Gasteiger partial charge in [0.1, 0.15) is 5.75 Å². The predicted molar refractivity (Wildman–Crippen MR) is 66.5 cm³/mol. The van der Waals surface area contributed by atoms with Crippen LogP contribution >= 0.6 is 22.6 Å². The van der Waals surface area contributed by atoms with Crippen molar-refractivity contribution in [1.82, 2.24) is 0 Å². The van der Waals surface area contributed by atoms with Crippen molar-refractivity contribution < 1.29 is 13.9 Å². The maximum Gasteiger partial charge on any atom is 0.336 e. The molecule has 0 spiro atoms. The van der Waals surface area contributed by atoms with Crippen LogP contribution in [0.1, 0.15) is 6.92 Å². The van der Waals surface area contributed by atoms with E-state index in [1.807, 2.05) is 22.6 Å². The summed E-state index contributed by atoms with van der Waals surface area (Å²) in [6.07, 6.45) is 0. The van der Waals surface area contributed by atoms with E-state index in [-0.39, 0.29) is 0 Å². The Morgan fingerprint density at radius 1 is 1.31 bits per heavy atom. The molecule has 82 valence electrons. The van der Waals surface area contributed by atoms with E-state index in [4.69, 9.17) is 9.15 Å². The van der Waals surface area contributed by atoms with Gasteiger partial charge in [0.2, 0.25) is 0 Å². The van der Waals surface area contributed by atoms with Crippen molar-refractivity contribution in [2.45, 2.75) is 6.92 Å². The zero-order valence-corrected chi connectivity index (χ0v) is 10.5. The number of hydrogen-bond acceptors (Lipinski definition) is 4. The SMILES string of the molecule is CC(=O)Oc1ccc2ccc(=O)oc2c1I. The molecular weight excluding hydrogens is 323 g/mol. The Morgan fingerprint density at radius 3 is 2.69 bits per heavy atom. The first-order valence-corrected chi connectivity index (χ1v) is 5.56. The smallest absolute Gasteiger partial charge is 0.336 e. The molecular formula is C11H7IO4. The molecule has 0 aliphatic heterocycles. The third kappa shape index (κ3) is 2.08. The fourth-order valence-electron chi connectivity index (χ4n) is 1.31. The predicted octanol–water partition coefficient (Wildman–Crippen LogP) is 2.32. The first-order chi connectivity index (χ1) is 7.58. The molecule has 0 saturated carbocycles. The van der Waals surface area contributed by atoms with E-state index in [2.05, 4.69) is 0 Å². The van der Waals surface area contributed by atoms with Crippen molar-refractivity contribution in [3.63, 3.8) is 0 Å². The van der Waals surface area contributed by atoms with Crippen LogP contribution in [0.15, 0.2) is 33.5 Å². The highest BCUT2D eigenvalue weighted by Gasteiger charge is 2.10. The van der Waals surface area contributed by atoms with Gasteiger partial charge in [-0.2, -0.15) is 0 Å². The molecule has 0 atom stereocenters. The Hall–Kier alpha value is -1.37. The van der Waals surface area contributed by atoms with Crippen LogP contribution in [0.25, 0.3) is 11.0 Å². The number of carbonyl (C=O) groups is 1. The van der Waals surface area contributed by atoms with Gasteiger partial charge in [-0.25, -0.2) is 4.79 Å². The van der Waals surface area contributed by atoms with Crippen LogP contribution in [0, 0.1) is 3.57 Å². The number of benzene rings is 1. The molecule has 5 heteroatoms. The summed E-state index contributed by atoms with van der Waals surface area (Å²) in [5.41, 5.74) is 0.0113. The minimum absolute atomic E-state index is 0.398. The van der Waals surface area contributed by atoms with Gasteiger partial charge in [0.05, 0.1) is 3.57 Å². The number of hydrogen-bond donors (Lipinski definition) is 0. The monoisotopic (exact) mass is 330 g/mol. The highest BCUT2D eigenvalue weighted by molar-refractivity contribution is 14.1. The zero-order chi connectivity index (χ0) is 11.7. The van der Waals surface area contributed by atoms with Crippen molar-refractivity contribution in [1.29, 1.82) is 0 Å². The lowest BCUT2D eigenvalue weighted by Crippen LogP contribution is -2.03. The van der Waals surface area contributed by atoms with E-state index in [9.17, 15) is 9.59 Å². The Balaban J connectivity index is 2.67. The molecule has 0 aliphatic rings. The maximum atomic E-state index is 11.1. The summed E-state index contributed by atoms with van der Waals surface area (Å²) < 4.78 is 10.7. The largest absolute Gasteiger partial charge is 0.425 e. The van der Waals surface area contributed by atoms with E-state index in [1.54, 1.807) is 18.2 Å². The second kappa shape index (κ2) is 4.25. The molecule has 2 aromatic rings. The minimum Gasteiger partial charge on any atom is -0.425 e. The first-order valence-electron chi connectivity index (χ1n) is 4.49. The Bertz CT molecular complexity index is 615. The lowest BCUT2D eigenvalue weighted by molar-refractivity contribution is -0.131. The van der Waals surface area contributed by atoms with Crippen LogP contribution in [0.2, 0.25) is 0 Å². The van der Waals surface area contributed by atoms with Gasteiger partial charge in [0.15, 0.2) is 5.58 Å². The standard InChI is InChI=1S/C11H7IO4/c1-6(13)15-8-4-2-7-3-5-9(14)16-11(7)10(8)12/h2-5H,1H3. The summed E-state index contributed by atoms with van der Waals surface area (Å²) in [7, 11) is 0. The van der Waals surface area contributed by atoms with Gasteiger partial charge >= 0.3 is 11.6 Å². The molecule has 4 nitrogen and oxygen atoms in total. The molecule has 0 unspecified atom stereocenters. The number of carbonyl (C=O) groups excluding carboxylic acids is 1. The molecule has 2 rings (SSSR count). The average Bonchev–Trinajstić information content (AvgIpc) is 2.22. The van der Waals surface area contributed by atoms with Crippen LogP contribution in [0.4, 0.5) is 0 Å². The van der Waals surface area contributed by atoms with Gasteiger partial charge < -0.3 is 9.15 Å². The van der Waals surface area contributed by atoms with Gasteiger partial charge in [-0.1, -0.05) is 0 Å². The first kappa shape index (κ1) is 11.1. The molecule has 1 heterocycles. The second-order valence-corrected chi connectivity index (χ2v) is 4.22. The second-order valence-electron chi connectivity index (χ2n) is 3.14. The molecule has 0 N–H and O–H groups in total. The van der Waals surface area contributed by atoms with E-state index in [0.717, 1.165) is 5.39 Å². The normalized spacial score (nSPS) is 10.4.